The Hall–Kier alpha value is -1.09. The van der Waals surface area contributed by atoms with Crippen LogP contribution >= 0.6 is 0 Å². The molecule has 0 bridgehead atoms. The number of nitrogens with one attached hydrogen (secondary N) is 1. The maximum Gasteiger partial charge on any atom is 0.123 e. The second kappa shape index (κ2) is 6.74. The Balaban J connectivity index is 3.06. The van der Waals surface area contributed by atoms with E-state index in [1.54, 1.807) is 6.07 Å². The zero-order chi connectivity index (χ0) is 13.7. The molecule has 1 rings (SSSR count). The highest BCUT2D eigenvalue weighted by Gasteiger charge is 2.16. The van der Waals surface area contributed by atoms with Gasteiger partial charge in [-0.05, 0) is 51.1 Å². The summed E-state index contributed by atoms with van der Waals surface area (Å²) in [5, 5.41) is 3.18. The number of halogens is 1. The SMILES string of the molecule is CCCC(C)N(C)c1ccc(F)cc1C(C)NC. The highest BCUT2D eigenvalue weighted by Crippen LogP contribution is 2.28. The monoisotopic (exact) mass is 252 g/mol. The molecule has 0 spiro atoms. The number of rotatable bonds is 6. The molecule has 1 N–H and O–H groups in total. The molecule has 0 aliphatic heterocycles. The zero-order valence-corrected chi connectivity index (χ0v) is 12.1. The van der Waals surface area contributed by atoms with Crippen molar-refractivity contribution in [2.75, 3.05) is 19.0 Å². The molecule has 0 aliphatic rings. The summed E-state index contributed by atoms with van der Waals surface area (Å²) in [5.74, 6) is -0.174. The van der Waals surface area contributed by atoms with Gasteiger partial charge < -0.3 is 10.2 Å². The van der Waals surface area contributed by atoms with Crippen LogP contribution in [-0.4, -0.2) is 20.1 Å². The summed E-state index contributed by atoms with van der Waals surface area (Å²) in [6.07, 6.45) is 2.30. The second-order valence-electron chi connectivity index (χ2n) is 4.96. The lowest BCUT2D eigenvalue weighted by Crippen LogP contribution is -2.30. The predicted molar refractivity (Wildman–Crippen MR) is 76.6 cm³/mol. The number of hydrogen-bond donors (Lipinski definition) is 1. The Kier molecular flexibility index (Phi) is 5.60. The van der Waals surface area contributed by atoms with Gasteiger partial charge in [-0.2, -0.15) is 0 Å². The normalized spacial score (nSPS) is 14.3. The highest BCUT2D eigenvalue weighted by atomic mass is 19.1. The third-order valence-electron chi connectivity index (χ3n) is 3.64. The molecule has 0 saturated carbocycles. The molecule has 2 unspecified atom stereocenters. The fourth-order valence-corrected chi connectivity index (χ4v) is 2.20. The molecule has 1 aromatic rings. The van der Waals surface area contributed by atoms with E-state index in [1.807, 2.05) is 13.1 Å². The van der Waals surface area contributed by atoms with Gasteiger partial charge in [0.15, 0.2) is 0 Å². The largest absolute Gasteiger partial charge is 0.372 e. The van der Waals surface area contributed by atoms with Gasteiger partial charge in [-0.3, -0.25) is 0 Å². The van der Waals surface area contributed by atoms with Crippen LogP contribution in [0.2, 0.25) is 0 Å². The van der Waals surface area contributed by atoms with Crippen LogP contribution in [0.3, 0.4) is 0 Å². The van der Waals surface area contributed by atoms with Gasteiger partial charge in [-0.25, -0.2) is 4.39 Å². The van der Waals surface area contributed by atoms with E-state index in [4.69, 9.17) is 0 Å². The van der Waals surface area contributed by atoms with E-state index in [-0.39, 0.29) is 11.9 Å². The summed E-state index contributed by atoms with van der Waals surface area (Å²) in [5.41, 5.74) is 2.13. The molecule has 2 atom stereocenters. The smallest absolute Gasteiger partial charge is 0.123 e. The predicted octanol–water partition coefficient (Wildman–Crippen LogP) is 3.73. The number of hydrogen-bond acceptors (Lipinski definition) is 2. The van der Waals surface area contributed by atoms with E-state index in [2.05, 4.69) is 38.0 Å². The zero-order valence-electron chi connectivity index (χ0n) is 12.1. The molecule has 102 valence electrons. The van der Waals surface area contributed by atoms with E-state index >= 15 is 0 Å². The van der Waals surface area contributed by atoms with Gasteiger partial charge in [0, 0.05) is 24.8 Å². The van der Waals surface area contributed by atoms with Crippen molar-refractivity contribution in [1.82, 2.24) is 5.32 Å². The molecule has 0 saturated heterocycles. The van der Waals surface area contributed by atoms with Crippen LogP contribution < -0.4 is 10.2 Å². The lowest BCUT2D eigenvalue weighted by molar-refractivity contribution is 0.590. The number of anilines is 1. The first-order chi connectivity index (χ1) is 8.51. The van der Waals surface area contributed by atoms with E-state index in [9.17, 15) is 4.39 Å². The van der Waals surface area contributed by atoms with Gasteiger partial charge in [0.25, 0.3) is 0 Å². The third kappa shape index (κ3) is 3.45. The Bertz CT molecular complexity index is 379. The summed E-state index contributed by atoms with van der Waals surface area (Å²) in [4.78, 5) is 2.24. The van der Waals surface area contributed by atoms with Crippen LogP contribution in [0.15, 0.2) is 18.2 Å². The lowest BCUT2D eigenvalue weighted by atomic mass is 10.0. The summed E-state index contributed by atoms with van der Waals surface area (Å²) in [6.45, 7) is 6.45. The quantitative estimate of drug-likeness (QED) is 0.830. The maximum absolute atomic E-state index is 13.4. The molecule has 3 heteroatoms. The summed E-state index contributed by atoms with van der Waals surface area (Å²) in [6, 6.07) is 5.66. The minimum absolute atomic E-state index is 0.145. The first-order valence-corrected chi connectivity index (χ1v) is 6.70. The molecular weight excluding hydrogens is 227 g/mol. The molecule has 0 aliphatic carbocycles. The molecule has 0 radical (unpaired) electrons. The summed E-state index contributed by atoms with van der Waals surface area (Å²) < 4.78 is 13.4. The van der Waals surface area contributed by atoms with Crippen LogP contribution in [0.4, 0.5) is 10.1 Å². The minimum atomic E-state index is -0.174. The molecule has 0 amide bonds. The van der Waals surface area contributed by atoms with Crippen LogP contribution in [-0.2, 0) is 0 Å². The maximum atomic E-state index is 13.4. The van der Waals surface area contributed by atoms with E-state index in [0.29, 0.717) is 6.04 Å². The van der Waals surface area contributed by atoms with Gasteiger partial charge in [0.05, 0.1) is 0 Å². The standard InChI is InChI=1S/C15H25FN2/c1-6-7-11(2)18(5)15-9-8-13(16)10-14(15)12(3)17-4/h8-12,17H,6-7H2,1-5H3. The van der Waals surface area contributed by atoms with E-state index in [0.717, 1.165) is 24.1 Å². The average molecular weight is 252 g/mol. The average Bonchev–Trinajstić information content (AvgIpc) is 2.37. The first-order valence-electron chi connectivity index (χ1n) is 6.70. The van der Waals surface area contributed by atoms with Crippen molar-refractivity contribution in [3.05, 3.63) is 29.6 Å². The van der Waals surface area contributed by atoms with Crippen molar-refractivity contribution in [3.63, 3.8) is 0 Å². The molecule has 0 aromatic heterocycles. The van der Waals surface area contributed by atoms with E-state index in [1.165, 1.54) is 6.07 Å². The number of nitrogens with zero attached hydrogens (tertiary/aromatic N) is 1. The van der Waals surface area contributed by atoms with Crippen molar-refractivity contribution in [1.29, 1.82) is 0 Å². The summed E-state index contributed by atoms with van der Waals surface area (Å²) in [7, 11) is 3.98. The van der Waals surface area contributed by atoms with Crippen LogP contribution in [0.25, 0.3) is 0 Å². The van der Waals surface area contributed by atoms with Crippen molar-refractivity contribution < 1.29 is 4.39 Å². The third-order valence-corrected chi connectivity index (χ3v) is 3.64. The Morgan fingerprint density at radius 2 is 2.00 bits per heavy atom. The molecule has 0 heterocycles. The molecule has 2 nitrogen and oxygen atoms in total. The molecule has 0 fully saturated rings. The second-order valence-corrected chi connectivity index (χ2v) is 4.96. The topological polar surface area (TPSA) is 15.3 Å². The first kappa shape index (κ1) is 15.0. The van der Waals surface area contributed by atoms with Crippen LogP contribution in [0.5, 0.6) is 0 Å². The van der Waals surface area contributed by atoms with E-state index < -0.39 is 0 Å². The molecule has 1 aromatic carbocycles. The summed E-state index contributed by atoms with van der Waals surface area (Å²) >= 11 is 0. The lowest BCUT2D eigenvalue weighted by Gasteiger charge is -2.30. The van der Waals surface area contributed by atoms with Gasteiger partial charge in [-0.1, -0.05) is 13.3 Å². The van der Waals surface area contributed by atoms with Crippen molar-refractivity contribution in [2.24, 2.45) is 0 Å². The van der Waals surface area contributed by atoms with Crippen molar-refractivity contribution in [2.45, 2.75) is 45.7 Å². The fraction of sp³-hybridized carbons (Fsp3) is 0.600. The highest BCUT2D eigenvalue weighted by molar-refractivity contribution is 5.55. The van der Waals surface area contributed by atoms with Crippen LogP contribution in [0.1, 0.15) is 45.2 Å². The van der Waals surface area contributed by atoms with Crippen molar-refractivity contribution in [3.8, 4) is 0 Å². The fourth-order valence-electron chi connectivity index (χ4n) is 2.20. The Labute approximate surface area is 110 Å². The Morgan fingerprint density at radius 1 is 1.33 bits per heavy atom. The number of benzene rings is 1. The molecule has 18 heavy (non-hydrogen) atoms. The van der Waals surface area contributed by atoms with Gasteiger partial charge >= 0.3 is 0 Å². The Morgan fingerprint density at radius 3 is 2.56 bits per heavy atom. The van der Waals surface area contributed by atoms with Crippen molar-refractivity contribution >= 4 is 5.69 Å². The van der Waals surface area contributed by atoms with Gasteiger partial charge in [0.2, 0.25) is 0 Å². The van der Waals surface area contributed by atoms with Gasteiger partial charge in [0.1, 0.15) is 5.82 Å². The molecular formula is C15H25FN2. The minimum Gasteiger partial charge on any atom is -0.372 e. The van der Waals surface area contributed by atoms with Crippen LogP contribution in [0, 0.1) is 5.82 Å². The van der Waals surface area contributed by atoms with Gasteiger partial charge in [-0.15, -0.1) is 0 Å².